The summed E-state index contributed by atoms with van der Waals surface area (Å²) in [4.78, 5) is 0. The Kier molecular flexibility index (Phi) is 4.66. The first-order valence-electron chi connectivity index (χ1n) is 9.07. The molecule has 3 heterocycles. The molecule has 0 radical (unpaired) electrons. The van der Waals surface area contributed by atoms with E-state index >= 15 is 0 Å². The van der Waals surface area contributed by atoms with Crippen LogP contribution in [0, 0.1) is 22.3 Å². The largest absolute Gasteiger partial charge is 0.323 e. The molecule has 25 heavy (non-hydrogen) atoms. The van der Waals surface area contributed by atoms with Gasteiger partial charge in [0.1, 0.15) is 8.07 Å². The second-order valence-electron chi connectivity index (χ2n) is 9.74. The van der Waals surface area contributed by atoms with Crippen molar-refractivity contribution >= 4 is 8.07 Å². The van der Waals surface area contributed by atoms with Crippen LogP contribution in [0.25, 0.3) is 0 Å². The maximum absolute atomic E-state index is 6.08. The Morgan fingerprint density at radius 1 is 0.960 bits per heavy atom. The number of hydrogen-bond acceptors (Lipinski definition) is 3. The number of rotatable bonds is 2. The molecular formula is C21H30O3Si. The van der Waals surface area contributed by atoms with Gasteiger partial charge < -0.3 is 14.2 Å². The molecule has 4 heteroatoms. The summed E-state index contributed by atoms with van der Waals surface area (Å²) in [5, 5.41) is 0. The number of ether oxygens (including phenoxy) is 3. The predicted octanol–water partition coefficient (Wildman–Crippen LogP) is 4.53. The van der Waals surface area contributed by atoms with Crippen LogP contribution < -0.4 is 0 Å². The minimum absolute atomic E-state index is 0.0250. The minimum Gasteiger partial charge on any atom is -0.323 e. The van der Waals surface area contributed by atoms with Crippen LogP contribution in [-0.4, -0.2) is 27.9 Å². The van der Waals surface area contributed by atoms with Crippen LogP contribution in [-0.2, 0) is 20.2 Å². The second-order valence-corrected chi connectivity index (χ2v) is 14.5. The van der Waals surface area contributed by atoms with Crippen molar-refractivity contribution in [1.82, 2.24) is 0 Å². The van der Waals surface area contributed by atoms with Crippen LogP contribution in [0.1, 0.15) is 38.3 Å². The molecule has 3 aliphatic heterocycles. The zero-order valence-corrected chi connectivity index (χ0v) is 17.4. The Labute approximate surface area is 153 Å². The lowest BCUT2D eigenvalue weighted by Gasteiger charge is -2.53. The summed E-state index contributed by atoms with van der Waals surface area (Å²) in [6.07, 6.45) is 1.03. The average Bonchev–Trinajstić information content (AvgIpc) is 2.52. The van der Waals surface area contributed by atoms with Crippen LogP contribution in [0.3, 0.4) is 0 Å². The third kappa shape index (κ3) is 4.35. The molecule has 4 rings (SSSR count). The SMILES string of the molecule is CC(C)(C)CC12COC(c3ccc(C#C[Si](C)(C)C)cc3)(OC1)OC2. The van der Waals surface area contributed by atoms with E-state index in [-0.39, 0.29) is 10.8 Å². The standard InChI is InChI=1S/C21H30O3Si/c1-19(2,3)13-20-14-22-21(23-15-20,24-16-20)18-9-7-17(8-10-18)11-12-25(4,5)6/h7-10H,13-16H2,1-6H3. The van der Waals surface area contributed by atoms with E-state index in [1.807, 2.05) is 24.3 Å². The second kappa shape index (κ2) is 6.24. The molecule has 0 aromatic heterocycles. The molecule has 0 amide bonds. The fraction of sp³-hybridized carbons (Fsp3) is 0.619. The molecule has 0 N–H and O–H groups in total. The Morgan fingerprint density at radius 2 is 1.48 bits per heavy atom. The lowest BCUT2D eigenvalue weighted by molar-refractivity contribution is -0.482. The van der Waals surface area contributed by atoms with E-state index in [1.54, 1.807) is 0 Å². The first kappa shape index (κ1) is 18.7. The first-order valence-corrected chi connectivity index (χ1v) is 12.6. The van der Waals surface area contributed by atoms with Crippen molar-refractivity contribution < 1.29 is 14.2 Å². The van der Waals surface area contributed by atoms with Crippen molar-refractivity contribution in [3.63, 3.8) is 0 Å². The van der Waals surface area contributed by atoms with Gasteiger partial charge in [0.25, 0.3) is 0 Å². The zero-order valence-electron chi connectivity index (χ0n) is 16.4. The molecule has 0 atom stereocenters. The van der Waals surface area contributed by atoms with E-state index < -0.39 is 14.0 Å². The molecule has 3 nitrogen and oxygen atoms in total. The van der Waals surface area contributed by atoms with Crippen molar-refractivity contribution in [2.75, 3.05) is 19.8 Å². The smallest absolute Gasteiger partial charge is 0.312 e. The molecule has 3 aliphatic rings. The summed E-state index contributed by atoms with van der Waals surface area (Å²) < 4.78 is 18.2. The fourth-order valence-corrected chi connectivity index (χ4v) is 4.06. The molecule has 3 fully saturated rings. The average molecular weight is 359 g/mol. The van der Waals surface area contributed by atoms with Gasteiger partial charge in [-0.1, -0.05) is 46.3 Å². The topological polar surface area (TPSA) is 27.7 Å². The Balaban J connectivity index is 1.73. The highest BCUT2D eigenvalue weighted by atomic mass is 28.3. The molecule has 1 aromatic carbocycles. The van der Waals surface area contributed by atoms with Gasteiger partial charge in [0.2, 0.25) is 0 Å². The maximum atomic E-state index is 6.08. The van der Waals surface area contributed by atoms with Gasteiger partial charge in [0, 0.05) is 16.5 Å². The third-order valence-corrected chi connectivity index (χ3v) is 5.31. The van der Waals surface area contributed by atoms with E-state index in [0.29, 0.717) is 19.8 Å². The number of benzene rings is 1. The van der Waals surface area contributed by atoms with Crippen LogP contribution in [0.4, 0.5) is 0 Å². The molecule has 0 spiro atoms. The van der Waals surface area contributed by atoms with Crippen LogP contribution in [0.15, 0.2) is 24.3 Å². The molecule has 1 aromatic rings. The van der Waals surface area contributed by atoms with Gasteiger partial charge >= 0.3 is 5.97 Å². The van der Waals surface area contributed by atoms with Crippen LogP contribution in [0.5, 0.6) is 0 Å². The van der Waals surface area contributed by atoms with Gasteiger partial charge in [0.05, 0.1) is 19.8 Å². The fourth-order valence-electron chi connectivity index (χ4n) is 3.54. The van der Waals surface area contributed by atoms with Crippen molar-refractivity contribution in [3.05, 3.63) is 35.4 Å². The molecular weight excluding hydrogens is 328 g/mol. The molecule has 0 saturated carbocycles. The van der Waals surface area contributed by atoms with Gasteiger partial charge in [-0.3, -0.25) is 0 Å². The van der Waals surface area contributed by atoms with Crippen LogP contribution >= 0.6 is 0 Å². The van der Waals surface area contributed by atoms with Gasteiger partial charge in [0.15, 0.2) is 0 Å². The summed E-state index contributed by atoms with van der Waals surface area (Å²) in [7, 11) is -1.36. The number of hydrogen-bond donors (Lipinski definition) is 0. The maximum Gasteiger partial charge on any atom is 0.312 e. The predicted molar refractivity (Wildman–Crippen MR) is 103 cm³/mol. The van der Waals surface area contributed by atoms with Gasteiger partial charge in [-0.05, 0) is 36.1 Å². The van der Waals surface area contributed by atoms with Crippen molar-refractivity contribution in [2.45, 2.75) is 52.8 Å². The molecule has 0 aliphatic carbocycles. The van der Waals surface area contributed by atoms with Crippen molar-refractivity contribution in [3.8, 4) is 11.5 Å². The van der Waals surface area contributed by atoms with E-state index in [4.69, 9.17) is 14.2 Å². The molecule has 2 bridgehead atoms. The summed E-state index contributed by atoms with van der Waals surface area (Å²) in [6, 6.07) is 8.07. The summed E-state index contributed by atoms with van der Waals surface area (Å²) in [6.45, 7) is 15.5. The van der Waals surface area contributed by atoms with Crippen LogP contribution in [0.2, 0.25) is 19.6 Å². The lowest BCUT2D eigenvalue weighted by Crippen LogP contribution is -2.59. The minimum atomic E-state index is -1.36. The van der Waals surface area contributed by atoms with Gasteiger partial charge in [-0.25, -0.2) is 0 Å². The lowest BCUT2D eigenvalue weighted by atomic mass is 9.74. The number of fused-ring (bicyclic) bond motifs is 3. The zero-order chi connectivity index (χ0) is 18.3. The Hall–Kier alpha value is -1.12. The Bertz CT molecular complexity index is 659. The first-order chi connectivity index (χ1) is 11.5. The summed E-state index contributed by atoms with van der Waals surface area (Å²) in [5.41, 5.74) is 5.53. The molecule has 3 saturated heterocycles. The normalized spacial score (nSPS) is 29.2. The van der Waals surface area contributed by atoms with E-state index in [9.17, 15) is 0 Å². The molecule has 0 unspecified atom stereocenters. The quantitative estimate of drug-likeness (QED) is 0.574. The monoisotopic (exact) mass is 358 g/mol. The summed E-state index contributed by atoms with van der Waals surface area (Å²) >= 11 is 0. The highest BCUT2D eigenvalue weighted by Crippen LogP contribution is 2.48. The van der Waals surface area contributed by atoms with E-state index in [0.717, 1.165) is 17.5 Å². The highest BCUT2D eigenvalue weighted by Gasteiger charge is 2.54. The summed E-state index contributed by atoms with van der Waals surface area (Å²) in [5.74, 6) is 2.24. The Morgan fingerprint density at radius 3 is 1.92 bits per heavy atom. The van der Waals surface area contributed by atoms with Gasteiger partial charge in [-0.15, -0.1) is 5.54 Å². The van der Waals surface area contributed by atoms with Crippen molar-refractivity contribution in [1.29, 1.82) is 0 Å². The third-order valence-electron chi connectivity index (χ3n) is 4.43. The highest BCUT2D eigenvalue weighted by molar-refractivity contribution is 6.83. The van der Waals surface area contributed by atoms with E-state index in [2.05, 4.69) is 51.9 Å². The van der Waals surface area contributed by atoms with Gasteiger partial charge in [-0.2, -0.15) is 0 Å². The van der Waals surface area contributed by atoms with Crippen molar-refractivity contribution in [2.24, 2.45) is 10.8 Å². The van der Waals surface area contributed by atoms with E-state index in [1.165, 1.54) is 0 Å². The molecule has 136 valence electrons.